The first kappa shape index (κ1) is 14.8. The van der Waals surface area contributed by atoms with Crippen LogP contribution in [0.5, 0.6) is 5.75 Å². The predicted molar refractivity (Wildman–Crippen MR) is 82.8 cm³/mol. The van der Waals surface area contributed by atoms with Gasteiger partial charge in [-0.3, -0.25) is 4.79 Å². The second-order valence-corrected chi connectivity index (χ2v) is 5.30. The summed E-state index contributed by atoms with van der Waals surface area (Å²) in [7, 11) is 0. The SMILES string of the molecule is O=C(COc1ccc2ccccc2c1)N1CCOC[C@@H]1CO. The third kappa shape index (κ3) is 3.21. The molecule has 1 amide bonds. The van der Waals surface area contributed by atoms with Crippen molar-refractivity contribution in [1.82, 2.24) is 4.90 Å². The summed E-state index contributed by atoms with van der Waals surface area (Å²) < 4.78 is 10.9. The fourth-order valence-corrected chi connectivity index (χ4v) is 2.62. The zero-order chi connectivity index (χ0) is 15.4. The fourth-order valence-electron chi connectivity index (χ4n) is 2.62. The number of morpholine rings is 1. The molecule has 1 atom stereocenters. The van der Waals surface area contributed by atoms with E-state index in [0.717, 1.165) is 10.8 Å². The Hall–Kier alpha value is -2.11. The molecule has 1 heterocycles. The highest BCUT2D eigenvalue weighted by Gasteiger charge is 2.26. The Balaban J connectivity index is 1.64. The van der Waals surface area contributed by atoms with Crippen LogP contribution in [0.4, 0.5) is 0 Å². The molecule has 0 spiro atoms. The highest BCUT2D eigenvalue weighted by molar-refractivity contribution is 5.84. The van der Waals surface area contributed by atoms with Crippen molar-refractivity contribution in [2.24, 2.45) is 0 Å². The molecule has 0 aliphatic carbocycles. The van der Waals surface area contributed by atoms with E-state index < -0.39 is 0 Å². The van der Waals surface area contributed by atoms with Crippen molar-refractivity contribution in [1.29, 1.82) is 0 Å². The van der Waals surface area contributed by atoms with Crippen molar-refractivity contribution in [3.8, 4) is 5.75 Å². The number of hydrogen-bond donors (Lipinski definition) is 1. The Morgan fingerprint density at radius 2 is 2.09 bits per heavy atom. The van der Waals surface area contributed by atoms with E-state index in [9.17, 15) is 9.90 Å². The first-order chi connectivity index (χ1) is 10.8. The van der Waals surface area contributed by atoms with Crippen LogP contribution < -0.4 is 4.74 Å². The van der Waals surface area contributed by atoms with Gasteiger partial charge in [0.25, 0.3) is 5.91 Å². The van der Waals surface area contributed by atoms with Gasteiger partial charge in [0, 0.05) is 6.54 Å². The Bertz CT molecular complexity index is 658. The first-order valence-electron chi connectivity index (χ1n) is 7.37. The Labute approximate surface area is 129 Å². The van der Waals surface area contributed by atoms with Crippen molar-refractivity contribution < 1.29 is 19.4 Å². The summed E-state index contributed by atoms with van der Waals surface area (Å²) in [5.74, 6) is 0.538. The molecule has 1 aliphatic rings. The minimum Gasteiger partial charge on any atom is -0.484 e. The van der Waals surface area contributed by atoms with Crippen LogP contribution in [0.3, 0.4) is 0 Å². The number of carbonyl (C=O) groups is 1. The summed E-state index contributed by atoms with van der Waals surface area (Å²) in [5.41, 5.74) is 0. The van der Waals surface area contributed by atoms with Crippen molar-refractivity contribution in [2.45, 2.75) is 6.04 Å². The third-order valence-corrected chi connectivity index (χ3v) is 3.84. The van der Waals surface area contributed by atoms with E-state index >= 15 is 0 Å². The number of aliphatic hydroxyl groups is 1. The number of ether oxygens (including phenoxy) is 2. The van der Waals surface area contributed by atoms with Gasteiger partial charge in [-0.05, 0) is 22.9 Å². The van der Waals surface area contributed by atoms with Crippen LogP contribution in [0.15, 0.2) is 42.5 Å². The standard InChI is InChI=1S/C17H19NO4/c19-10-15-11-21-8-7-18(15)17(20)12-22-16-6-5-13-3-1-2-4-14(13)9-16/h1-6,9,15,19H,7-8,10-12H2/t15-/m0/s1. The molecule has 0 unspecified atom stereocenters. The maximum atomic E-state index is 12.2. The zero-order valence-electron chi connectivity index (χ0n) is 12.3. The molecular formula is C17H19NO4. The van der Waals surface area contributed by atoms with Gasteiger partial charge in [-0.1, -0.05) is 30.3 Å². The van der Waals surface area contributed by atoms with E-state index in [1.54, 1.807) is 4.90 Å². The Morgan fingerprint density at radius 1 is 1.27 bits per heavy atom. The van der Waals surface area contributed by atoms with Gasteiger partial charge in [-0.15, -0.1) is 0 Å². The Kier molecular flexibility index (Phi) is 4.56. The summed E-state index contributed by atoms with van der Waals surface area (Å²) in [6.07, 6.45) is 0. The van der Waals surface area contributed by atoms with Gasteiger partial charge in [0.15, 0.2) is 6.61 Å². The molecule has 0 aromatic heterocycles. The van der Waals surface area contributed by atoms with Crippen molar-refractivity contribution in [3.63, 3.8) is 0 Å². The lowest BCUT2D eigenvalue weighted by atomic mass is 10.1. The van der Waals surface area contributed by atoms with Crippen LogP contribution in [-0.4, -0.2) is 54.9 Å². The smallest absolute Gasteiger partial charge is 0.260 e. The Morgan fingerprint density at radius 3 is 2.91 bits per heavy atom. The number of rotatable bonds is 4. The maximum absolute atomic E-state index is 12.2. The molecule has 1 aliphatic heterocycles. The molecule has 5 nitrogen and oxygen atoms in total. The minimum absolute atomic E-state index is 0.0329. The summed E-state index contributed by atoms with van der Waals surface area (Å²) in [6.45, 7) is 1.23. The lowest BCUT2D eigenvalue weighted by molar-refractivity contribution is -0.143. The van der Waals surface area contributed by atoms with Gasteiger partial charge in [-0.25, -0.2) is 0 Å². The molecule has 0 radical (unpaired) electrons. The van der Waals surface area contributed by atoms with Crippen LogP contribution in [0.25, 0.3) is 10.8 Å². The van der Waals surface area contributed by atoms with Gasteiger partial charge in [0.05, 0.1) is 25.9 Å². The number of aliphatic hydroxyl groups excluding tert-OH is 1. The van der Waals surface area contributed by atoms with E-state index in [2.05, 4.69) is 0 Å². The summed E-state index contributed by atoms with van der Waals surface area (Å²) in [6, 6.07) is 13.5. The van der Waals surface area contributed by atoms with Crippen LogP contribution in [-0.2, 0) is 9.53 Å². The van der Waals surface area contributed by atoms with E-state index in [4.69, 9.17) is 9.47 Å². The maximum Gasteiger partial charge on any atom is 0.260 e. The second-order valence-electron chi connectivity index (χ2n) is 5.30. The molecule has 116 valence electrons. The lowest BCUT2D eigenvalue weighted by Crippen LogP contribution is -2.51. The summed E-state index contributed by atoms with van der Waals surface area (Å²) in [5, 5.41) is 11.5. The minimum atomic E-state index is -0.276. The first-order valence-corrected chi connectivity index (χ1v) is 7.37. The zero-order valence-corrected chi connectivity index (χ0v) is 12.3. The highest BCUT2D eigenvalue weighted by atomic mass is 16.5. The summed E-state index contributed by atoms with van der Waals surface area (Å²) >= 11 is 0. The number of nitrogens with zero attached hydrogens (tertiary/aromatic N) is 1. The lowest BCUT2D eigenvalue weighted by Gasteiger charge is -2.34. The average Bonchev–Trinajstić information content (AvgIpc) is 2.59. The van der Waals surface area contributed by atoms with E-state index in [-0.39, 0.29) is 25.2 Å². The number of hydrogen-bond acceptors (Lipinski definition) is 4. The quantitative estimate of drug-likeness (QED) is 0.928. The van der Waals surface area contributed by atoms with Gasteiger partial charge < -0.3 is 19.5 Å². The predicted octanol–water partition coefficient (Wildman–Crippen LogP) is 1.44. The third-order valence-electron chi connectivity index (χ3n) is 3.84. The molecular weight excluding hydrogens is 282 g/mol. The van der Waals surface area contributed by atoms with Crippen LogP contribution in [0.2, 0.25) is 0 Å². The largest absolute Gasteiger partial charge is 0.484 e. The highest BCUT2D eigenvalue weighted by Crippen LogP contribution is 2.20. The fraction of sp³-hybridized carbons (Fsp3) is 0.353. The van der Waals surface area contributed by atoms with Crippen LogP contribution in [0.1, 0.15) is 0 Å². The van der Waals surface area contributed by atoms with E-state index in [1.165, 1.54) is 0 Å². The molecule has 2 aromatic rings. The van der Waals surface area contributed by atoms with Gasteiger partial charge in [0.2, 0.25) is 0 Å². The van der Waals surface area contributed by atoms with Crippen LogP contribution >= 0.6 is 0 Å². The van der Waals surface area contributed by atoms with E-state index in [0.29, 0.717) is 25.5 Å². The number of benzene rings is 2. The average molecular weight is 301 g/mol. The topological polar surface area (TPSA) is 59.0 Å². The molecule has 3 rings (SSSR count). The number of amides is 1. The van der Waals surface area contributed by atoms with Crippen molar-refractivity contribution in [3.05, 3.63) is 42.5 Å². The van der Waals surface area contributed by atoms with Crippen molar-refractivity contribution in [2.75, 3.05) is 33.0 Å². The normalized spacial score (nSPS) is 18.4. The molecule has 0 bridgehead atoms. The van der Waals surface area contributed by atoms with Crippen LogP contribution in [0, 0.1) is 0 Å². The van der Waals surface area contributed by atoms with Gasteiger partial charge in [-0.2, -0.15) is 0 Å². The van der Waals surface area contributed by atoms with Gasteiger partial charge in [0.1, 0.15) is 5.75 Å². The number of carbonyl (C=O) groups excluding carboxylic acids is 1. The molecule has 1 saturated heterocycles. The van der Waals surface area contributed by atoms with Gasteiger partial charge >= 0.3 is 0 Å². The molecule has 1 N–H and O–H groups in total. The van der Waals surface area contributed by atoms with E-state index in [1.807, 2.05) is 42.5 Å². The second kappa shape index (κ2) is 6.77. The molecule has 22 heavy (non-hydrogen) atoms. The molecule has 1 fully saturated rings. The summed E-state index contributed by atoms with van der Waals surface area (Å²) in [4.78, 5) is 13.9. The molecule has 0 saturated carbocycles. The number of fused-ring (bicyclic) bond motifs is 1. The molecule has 2 aromatic carbocycles. The monoisotopic (exact) mass is 301 g/mol. The van der Waals surface area contributed by atoms with Crippen molar-refractivity contribution >= 4 is 16.7 Å². The molecule has 5 heteroatoms.